The van der Waals surface area contributed by atoms with E-state index < -0.39 is 28.5 Å². The largest absolute Gasteiger partial charge is 0.452 e. The van der Waals surface area contributed by atoms with Crippen molar-refractivity contribution in [3.63, 3.8) is 0 Å². The SMILES string of the molecule is Cc1cc(NC(=O)COC(=O)c2cc(S(=O)(=O)N3CCCCC3)ccc2N2CCOCC2)no1. The number of rotatable bonds is 7. The van der Waals surface area contributed by atoms with Crippen molar-refractivity contribution in [2.45, 2.75) is 31.1 Å². The van der Waals surface area contributed by atoms with Crippen molar-refractivity contribution in [2.24, 2.45) is 0 Å². The predicted octanol–water partition coefficient (Wildman–Crippen LogP) is 1.79. The van der Waals surface area contributed by atoms with Crippen LogP contribution in [0.2, 0.25) is 0 Å². The van der Waals surface area contributed by atoms with Gasteiger partial charge in [0.2, 0.25) is 10.0 Å². The van der Waals surface area contributed by atoms with Gasteiger partial charge >= 0.3 is 5.97 Å². The first-order chi connectivity index (χ1) is 16.3. The van der Waals surface area contributed by atoms with Crippen LogP contribution in [-0.4, -0.2) is 75.8 Å². The number of amides is 1. The first-order valence-corrected chi connectivity index (χ1v) is 12.7. The Morgan fingerprint density at radius 1 is 1.09 bits per heavy atom. The zero-order valence-corrected chi connectivity index (χ0v) is 19.8. The first kappa shape index (κ1) is 24.2. The fourth-order valence-electron chi connectivity index (χ4n) is 3.99. The van der Waals surface area contributed by atoms with Gasteiger partial charge in [-0.25, -0.2) is 13.2 Å². The molecule has 184 valence electrons. The van der Waals surface area contributed by atoms with Gasteiger partial charge in [-0.15, -0.1) is 0 Å². The number of ether oxygens (including phenoxy) is 2. The highest BCUT2D eigenvalue weighted by molar-refractivity contribution is 7.89. The summed E-state index contributed by atoms with van der Waals surface area (Å²) >= 11 is 0. The maximum absolute atomic E-state index is 13.2. The summed E-state index contributed by atoms with van der Waals surface area (Å²) in [4.78, 5) is 27.2. The molecule has 0 saturated carbocycles. The third-order valence-electron chi connectivity index (χ3n) is 5.72. The quantitative estimate of drug-likeness (QED) is 0.575. The van der Waals surface area contributed by atoms with Crippen LogP contribution in [0.4, 0.5) is 11.5 Å². The molecular weight excluding hydrogens is 464 g/mol. The molecule has 2 aliphatic rings. The molecule has 0 radical (unpaired) electrons. The summed E-state index contributed by atoms with van der Waals surface area (Å²) in [6, 6.07) is 6.02. The molecule has 2 saturated heterocycles. The van der Waals surface area contributed by atoms with E-state index in [-0.39, 0.29) is 16.3 Å². The van der Waals surface area contributed by atoms with Gasteiger partial charge < -0.3 is 24.2 Å². The van der Waals surface area contributed by atoms with Gasteiger partial charge in [0, 0.05) is 32.2 Å². The van der Waals surface area contributed by atoms with Crippen molar-refractivity contribution in [2.75, 3.05) is 56.2 Å². The number of benzene rings is 1. The minimum atomic E-state index is -3.75. The molecule has 0 unspecified atom stereocenters. The molecule has 34 heavy (non-hydrogen) atoms. The smallest absolute Gasteiger partial charge is 0.340 e. The Morgan fingerprint density at radius 3 is 2.50 bits per heavy atom. The van der Waals surface area contributed by atoms with Gasteiger partial charge in [0.25, 0.3) is 5.91 Å². The van der Waals surface area contributed by atoms with Crippen LogP contribution in [0.1, 0.15) is 35.4 Å². The Bertz CT molecular complexity index is 1140. The number of carbonyl (C=O) groups is 2. The number of hydrogen-bond acceptors (Lipinski definition) is 9. The van der Waals surface area contributed by atoms with Gasteiger partial charge in [-0.05, 0) is 38.0 Å². The lowest BCUT2D eigenvalue weighted by atomic mass is 10.1. The van der Waals surface area contributed by atoms with Crippen LogP contribution in [0.15, 0.2) is 33.7 Å². The highest BCUT2D eigenvalue weighted by atomic mass is 32.2. The molecule has 11 nitrogen and oxygen atoms in total. The van der Waals surface area contributed by atoms with Crippen molar-refractivity contribution in [3.05, 3.63) is 35.6 Å². The van der Waals surface area contributed by atoms with E-state index in [1.165, 1.54) is 22.5 Å². The molecule has 3 heterocycles. The molecule has 1 N–H and O–H groups in total. The summed E-state index contributed by atoms with van der Waals surface area (Å²) < 4.78 is 43.3. The lowest BCUT2D eigenvalue weighted by Crippen LogP contribution is -2.38. The number of nitrogens with zero attached hydrogens (tertiary/aromatic N) is 3. The highest BCUT2D eigenvalue weighted by Gasteiger charge is 2.29. The summed E-state index contributed by atoms with van der Waals surface area (Å²) in [6.07, 6.45) is 2.61. The summed E-state index contributed by atoms with van der Waals surface area (Å²) in [7, 11) is -3.75. The van der Waals surface area contributed by atoms with Crippen LogP contribution in [0.25, 0.3) is 0 Å². The van der Waals surface area contributed by atoms with Crippen molar-refractivity contribution in [1.29, 1.82) is 0 Å². The van der Waals surface area contributed by atoms with Crippen molar-refractivity contribution < 1.29 is 32.0 Å². The third kappa shape index (κ3) is 5.57. The maximum atomic E-state index is 13.2. The van der Waals surface area contributed by atoms with Crippen LogP contribution >= 0.6 is 0 Å². The molecule has 12 heteroatoms. The highest BCUT2D eigenvalue weighted by Crippen LogP contribution is 2.28. The second kappa shape index (κ2) is 10.5. The number of hydrogen-bond donors (Lipinski definition) is 1. The molecule has 2 fully saturated rings. The second-order valence-corrected chi connectivity index (χ2v) is 10.1. The fourth-order valence-corrected chi connectivity index (χ4v) is 5.53. The number of aryl methyl sites for hydroxylation is 1. The molecule has 2 aromatic rings. The zero-order valence-electron chi connectivity index (χ0n) is 19.0. The van der Waals surface area contributed by atoms with Gasteiger partial charge in [0.1, 0.15) is 5.76 Å². The lowest BCUT2D eigenvalue weighted by Gasteiger charge is -2.31. The minimum absolute atomic E-state index is 0.0286. The molecule has 2 aliphatic heterocycles. The number of morpholine rings is 1. The topological polar surface area (TPSA) is 131 Å². The number of esters is 1. The molecule has 0 bridgehead atoms. The summed E-state index contributed by atoms with van der Waals surface area (Å²) in [5.41, 5.74) is 0.628. The molecule has 0 atom stereocenters. The van der Waals surface area contributed by atoms with Crippen LogP contribution in [0.5, 0.6) is 0 Å². The number of anilines is 2. The second-order valence-electron chi connectivity index (χ2n) is 8.19. The van der Waals surface area contributed by atoms with Gasteiger partial charge in [-0.1, -0.05) is 11.6 Å². The number of carbonyl (C=O) groups excluding carboxylic acids is 2. The number of sulfonamides is 1. The van der Waals surface area contributed by atoms with Crippen LogP contribution in [-0.2, 0) is 24.3 Å². The van der Waals surface area contributed by atoms with Gasteiger partial charge in [0.05, 0.1) is 29.4 Å². The zero-order chi connectivity index (χ0) is 24.1. The van der Waals surface area contributed by atoms with Crippen molar-refractivity contribution >= 4 is 33.4 Å². The number of piperidine rings is 1. The average molecular weight is 493 g/mol. The first-order valence-electron chi connectivity index (χ1n) is 11.2. The monoisotopic (exact) mass is 492 g/mol. The Kier molecular flexibility index (Phi) is 7.49. The van der Waals surface area contributed by atoms with E-state index >= 15 is 0 Å². The molecule has 0 aliphatic carbocycles. The van der Waals surface area contributed by atoms with E-state index in [1.807, 2.05) is 4.90 Å². The summed E-state index contributed by atoms with van der Waals surface area (Å²) in [5, 5.41) is 6.14. The maximum Gasteiger partial charge on any atom is 0.340 e. The molecule has 1 aromatic carbocycles. The van der Waals surface area contributed by atoms with Crippen LogP contribution in [0.3, 0.4) is 0 Å². The summed E-state index contributed by atoms with van der Waals surface area (Å²) in [6.45, 7) is 4.10. The van der Waals surface area contributed by atoms with Crippen LogP contribution < -0.4 is 10.2 Å². The minimum Gasteiger partial charge on any atom is -0.452 e. The predicted molar refractivity (Wildman–Crippen MR) is 122 cm³/mol. The van der Waals surface area contributed by atoms with E-state index in [1.54, 1.807) is 13.0 Å². The van der Waals surface area contributed by atoms with E-state index in [2.05, 4.69) is 10.5 Å². The van der Waals surface area contributed by atoms with Gasteiger partial charge in [0.15, 0.2) is 12.4 Å². The normalized spacial score (nSPS) is 17.4. The molecular formula is C22H28N4O7S. The molecule has 0 spiro atoms. The van der Waals surface area contributed by atoms with Gasteiger partial charge in [-0.3, -0.25) is 4.79 Å². The van der Waals surface area contributed by atoms with Crippen molar-refractivity contribution in [1.82, 2.24) is 9.46 Å². The Hall–Kier alpha value is -2.96. The van der Waals surface area contributed by atoms with E-state index in [0.29, 0.717) is 50.8 Å². The molecule has 1 aromatic heterocycles. The fraction of sp³-hybridized carbons (Fsp3) is 0.500. The molecule has 4 rings (SSSR count). The lowest BCUT2D eigenvalue weighted by molar-refractivity contribution is -0.119. The standard InChI is InChI=1S/C22H28N4O7S/c1-16-13-20(24-33-16)23-21(27)15-32-22(28)18-14-17(34(29,30)26-7-3-2-4-8-26)5-6-19(18)25-9-11-31-12-10-25/h5-6,13-14H,2-4,7-12,15H2,1H3,(H,23,24,27). The van der Waals surface area contributed by atoms with Crippen LogP contribution in [0, 0.1) is 6.92 Å². The van der Waals surface area contributed by atoms with Crippen molar-refractivity contribution in [3.8, 4) is 0 Å². The average Bonchev–Trinajstić information content (AvgIpc) is 3.27. The molecule has 1 amide bonds. The third-order valence-corrected chi connectivity index (χ3v) is 7.62. The summed E-state index contributed by atoms with van der Waals surface area (Å²) in [5.74, 6) is -0.647. The van der Waals surface area contributed by atoms with E-state index in [9.17, 15) is 18.0 Å². The number of aromatic nitrogens is 1. The van der Waals surface area contributed by atoms with E-state index in [0.717, 1.165) is 19.3 Å². The Balaban J connectivity index is 1.55. The Labute approximate surface area is 198 Å². The van der Waals surface area contributed by atoms with E-state index in [4.69, 9.17) is 14.0 Å². The van der Waals surface area contributed by atoms with Gasteiger partial charge in [-0.2, -0.15) is 4.31 Å². The Morgan fingerprint density at radius 2 is 1.82 bits per heavy atom. The number of nitrogens with one attached hydrogen (secondary N) is 1.